The van der Waals surface area contributed by atoms with Crippen molar-refractivity contribution in [2.75, 3.05) is 30.3 Å². The van der Waals surface area contributed by atoms with E-state index in [1.165, 1.54) is 12.1 Å². The Labute approximate surface area is 227 Å². The molecular formula is C27H29F6N5O2. The lowest BCUT2D eigenvalue weighted by atomic mass is 9.92. The molecule has 1 aliphatic carbocycles. The number of benzene rings is 1. The summed E-state index contributed by atoms with van der Waals surface area (Å²) >= 11 is 0. The molecule has 0 spiro atoms. The van der Waals surface area contributed by atoms with Gasteiger partial charge < -0.3 is 20.3 Å². The van der Waals surface area contributed by atoms with Gasteiger partial charge >= 0.3 is 12.4 Å². The van der Waals surface area contributed by atoms with Crippen molar-refractivity contribution in [2.24, 2.45) is 0 Å². The first-order chi connectivity index (χ1) is 18.9. The van der Waals surface area contributed by atoms with E-state index in [-0.39, 0.29) is 30.7 Å². The Morgan fingerprint density at radius 3 is 2.15 bits per heavy atom. The molecule has 1 amide bonds. The van der Waals surface area contributed by atoms with E-state index in [0.717, 1.165) is 24.4 Å². The van der Waals surface area contributed by atoms with Gasteiger partial charge in [-0.3, -0.25) is 9.78 Å². The summed E-state index contributed by atoms with van der Waals surface area (Å²) in [6, 6.07) is 7.48. The van der Waals surface area contributed by atoms with Crippen molar-refractivity contribution >= 4 is 17.3 Å². The zero-order valence-corrected chi connectivity index (χ0v) is 21.5. The van der Waals surface area contributed by atoms with E-state index in [9.17, 15) is 31.1 Å². The molecule has 2 aliphatic rings. The first kappa shape index (κ1) is 29.5. The van der Waals surface area contributed by atoms with Crippen molar-refractivity contribution in [2.45, 2.75) is 69.1 Å². The maximum Gasteiger partial charge on any atom is 0.433 e. The first-order valence-corrected chi connectivity index (χ1v) is 13.0. The molecule has 13 heteroatoms. The van der Waals surface area contributed by atoms with Crippen molar-refractivity contribution < 1.29 is 35.9 Å². The molecule has 2 aromatic rings. The smallest absolute Gasteiger partial charge is 0.382 e. The van der Waals surface area contributed by atoms with Crippen LogP contribution in [-0.4, -0.2) is 53.7 Å². The van der Waals surface area contributed by atoms with Crippen molar-refractivity contribution in [3.63, 3.8) is 0 Å². The van der Waals surface area contributed by atoms with E-state index in [2.05, 4.69) is 15.6 Å². The second-order valence-corrected chi connectivity index (χ2v) is 10.0. The van der Waals surface area contributed by atoms with Crippen LogP contribution in [0.3, 0.4) is 0 Å². The quantitative estimate of drug-likeness (QED) is 0.408. The minimum atomic E-state index is -4.62. The fraction of sp³-hybridized carbons (Fsp3) is 0.519. The van der Waals surface area contributed by atoms with E-state index in [0.29, 0.717) is 63.0 Å². The summed E-state index contributed by atoms with van der Waals surface area (Å²) in [5.74, 6) is -0.153. The fourth-order valence-corrected chi connectivity index (χ4v) is 5.04. The average molecular weight is 570 g/mol. The number of piperidine rings is 1. The number of likely N-dealkylation sites (tertiary alicyclic amines) is 1. The molecule has 0 radical (unpaired) electrons. The number of nitrogens with one attached hydrogen (secondary N) is 2. The molecule has 4 rings (SSSR count). The van der Waals surface area contributed by atoms with Gasteiger partial charge in [-0.1, -0.05) is 0 Å². The number of alkyl halides is 6. The molecule has 1 saturated carbocycles. The molecule has 0 bridgehead atoms. The van der Waals surface area contributed by atoms with Gasteiger partial charge in [0.2, 0.25) is 5.91 Å². The van der Waals surface area contributed by atoms with Crippen molar-refractivity contribution in [1.29, 1.82) is 5.26 Å². The third kappa shape index (κ3) is 7.78. The van der Waals surface area contributed by atoms with Gasteiger partial charge in [0.05, 0.1) is 23.3 Å². The summed E-state index contributed by atoms with van der Waals surface area (Å²) in [5, 5.41) is 15.1. The lowest BCUT2D eigenvalue weighted by Gasteiger charge is -2.34. The molecule has 1 saturated heterocycles. The Bertz CT molecular complexity index is 1210. The number of carbonyl (C=O) groups is 1. The van der Waals surface area contributed by atoms with Crippen molar-refractivity contribution in [1.82, 2.24) is 9.88 Å². The van der Waals surface area contributed by atoms with Gasteiger partial charge in [-0.05, 0) is 68.9 Å². The monoisotopic (exact) mass is 569 g/mol. The molecule has 216 valence electrons. The average Bonchev–Trinajstić information content (AvgIpc) is 2.92. The minimum absolute atomic E-state index is 0.0521. The molecular weight excluding hydrogens is 540 g/mol. The largest absolute Gasteiger partial charge is 0.433 e. The lowest BCUT2D eigenvalue weighted by molar-refractivity contribution is -0.141. The van der Waals surface area contributed by atoms with Gasteiger partial charge in [0, 0.05) is 42.7 Å². The number of pyridine rings is 1. The van der Waals surface area contributed by atoms with E-state index in [1.807, 2.05) is 0 Å². The summed E-state index contributed by atoms with van der Waals surface area (Å²) in [7, 11) is 0. The highest BCUT2D eigenvalue weighted by Crippen LogP contribution is 2.34. The minimum Gasteiger partial charge on any atom is -0.382 e. The Balaban J connectivity index is 1.17. The third-order valence-electron chi connectivity index (χ3n) is 7.20. The molecule has 1 aromatic heterocycles. The topological polar surface area (TPSA) is 90.3 Å². The normalized spacial score (nSPS) is 20.6. The maximum absolute atomic E-state index is 13.2. The first-order valence-electron chi connectivity index (χ1n) is 13.0. The van der Waals surface area contributed by atoms with E-state index in [1.54, 1.807) is 11.0 Å². The number of rotatable bonds is 7. The van der Waals surface area contributed by atoms with Crippen LogP contribution in [0.15, 0.2) is 36.5 Å². The van der Waals surface area contributed by atoms with E-state index in [4.69, 9.17) is 10.00 Å². The van der Waals surface area contributed by atoms with Gasteiger partial charge in [0.25, 0.3) is 0 Å². The van der Waals surface area contributed by atoms with Crippen LogP contribution in [0, 0.1) is 11.3 Å². The number of aromatic nitrogens is 1. The number of amides is 1. The third-order valence-corrected chi connectivity index (χ3v) is 7.20. The summed E-state index contributed by atoms with van der Waals surface area (Å²) in [6.07, 6.45) is -4.40. The van der Waals surface area contributed by atoms with Crippen LogP contribution in [-0.2, 0) is 21.9 Å². The number of nitriles is 1. The van der Waals surface area contributed by atoms with Crippen LogP contribution >= 0.6 is 0 Å². The summed E-state index contributed by atoms with van der Waals surface area (Å²) in [4.78, 5) is 17.7. The fourth-order valence-electron chi connectivity index (χ4n) is 5.04. The SMILES string of the molecule is N#Cc1ccc(N[C@H]2CC[C@H](OCC(=O)N3CCC(Nc4ccnc(C(F)(F)F)c4)CC3)CC2)cc1C(F)(F)F. The summed E-state index contributed by atoms with van der Waals surface area (Å²) in [6.45, 7) is 0.835. The van der Waals surface area contributed by atoms with Crippen LogP contribution in [0.1, 0.15) is 55.3 Å². The van der Waals surface area contributed by atoms with E-state index >= 15 is 0 Å². The van der Waals surface area contributed by atoms with E-state index < -0.39 is 29.2 Å². The predicted molar refractivity (Wildman–Crippen MR) is 134 cm³/mol. The van der Waals surface area contributed by atoms with Gasteiger partial charge in [-0.25, -0.2) is 0 Å². The molecule has 2 N–H and O–H groups in total. The number of carbonyl (C=O) groups excluding carboxylic acids is 1. The van der Waals surface area contributed by atoms with Crippen molar-refractivity contribution in [3.05, 3.63) is 53.3 Å². The van der Waals surface area contributed by atoms with Gasteiger partial charge in [0.1, 0.15) is 12.3 Å². The number of halogens is 6. The number of hydrogen-bond acceptors (Lipinski definition) is 6. The molecule has 0 unspecified atom stereocenters. The standard InChI is InChI=1S/C27H29F6N5O2/c28-26(29,30)23-13-20(2-1-17(23)15-34)36-18-3-5-22(6-4-18)40-16-25(39)38-11-8-19(9-12-38)37-21-7-10-35-24(14-21)27(31,32)33/h1-2,7,10,13-14,18-19,22,36H,3-6,8-9,11-12,16H2,(H,35,37)/t18-,22-. The van der Waals surface area contributed by atoms with Crippen LogP contribution in [0.4, 0.5) is 37.7 Å². The summed E-state index contributed by atoms with van der Waals surface area (Å²) < 4.78 is 84.1. The maximum atomic E-state index is 13.2. The Morgan fingerprint density at radius 2 is 1.55 bits per heavy atom. The molecule has 1 aromatic carbocycles. The number of hydrogen-bond donors (Lipinski definition) is 2. The number of nitrogens with zero attached hydrogens (tertiary/aromatic N) is 3. The molecule has 40 heavy (non-hydrogen) atoms. The summed E-state index contributed by atoms with van der Waals surface area (Å²) in [5.41, 5.74) is -1.72. The lowest BCUT2D eigenvalue weighted by Crippen LogP contribution is -2.44. The molecule has 2 fully saturated rings. The van der Waals surface area contributed by atoms with Crippen molar-refractivity contribution in [3.8, 4) is 6.07 Å². The van der Waals surface area contributed by atoms with Gasteiger partial charge in [-0.15, -0.1) is 0 Å². The highest BCUT2D eigenvalue weighted by molar-refractivity contribution is 5.77. The second kappa shape index (κ2) is 12.3. The highest BCUT2D eigenvalue weighted by atomic mass is 19.4. The highest BCUT2D eigenvalue weighted by Gasteiger charge is 2.35. The van der Waals surface area contributed by atoms with Crippen LogP contribution in [0.5, 0.6) is 0 Å². The van der Waals surface area contributed by atoms with Gasteiger partial charge in [0.15, 0.2) is 0 Å². The zero-order chi connectivity index (χ0) is 28.9. The number of ether oxygens (including phenoxy) is 1. The van der Waals surface area contributed by atoms with Crippen LogP contribution in [0.2, 0.25) is 0 Å². The van der Waals surface area contributed by atoms with Crippen LogP contribution < -0.4 is 10.6 Å². The predicted octanol–water partition coefficient (Wildman–Crippen LogP) is 5.83. The molecule has 2 heterocycles. The Kier molecular flexibility index (Phi) is 9.08. The Morgan fingerprint density at radius 1 is 0.925 bits per heavy atom. The van der Waals surface area contributed by atoms with Crippen LogP contribution in [0.25, 0.3) is 0 Å². The second-order valence-electron chi connectivity index (χ2n) is 10.0. The van der Waals surface area contributed by atoms with Gasteiger partial charge in [-0.2, -0.15) is 31.6 Å². The molecule has 7 nitrogen and oxygen atoms in total. The Hall–Kier alpha value is -3.53. The number of anilines is 2. The molecule has 1 aliphatic heterocycles. The zero-order valence-electron chi connectivity index (χ0n) is 21.5. The molecule has 0 atom stereocenters.